The molecular formula is C13H10ClN5O. The Bertz CT molecular complexity index is 798. The Kier molecular flexibility index (Phi) is 3.00. The third-order valence-electron chi connectivity index (χ3n) is 2.81. The molecule has 2 heterocycles. The molecule has 100 valence electrons. The number of carbonyl (C=O) groups is 1. The third-order valence-corrected chi connectivity index (χ3v) is 3.11. The van der Waals surface area contributed by atoms with Gasteiger partial charge in [0.1, 0.15) is 0 Å². The number of aromatic nitrogens is 3. The number of amides is 1. The monoisotopic (exact) mass is 287 g/mol. The van der Waals surface area contributed by atoms with Gasteiger partial charge >= 0.3 is 0 Å². The smallest absolute Gasteiger partial charge is 0.276 e. The molecule has 0 aliphatic heterocycles. The predicted molar refractivity (Wildman–Crippen MR) is 77.7 cm³/mol. The van der Waals surface area contributed by atoms with Crippen LogP contribution in [-0.4, -0.2) is 21.1 Å². The van der Waals surface area contributed by atoms with Crippen LogP contribution in [0.1, 0.15) is 10.5 Å². The van der Waals surface area contributed by atoms with Crippen molar-refractivity contribution in [1.82, 2.24) is 15.2 Å². The lowest BCUT2D eigenvalue weighted by atomic mass is 10.2. The van der Waals surface area contributed by atoms with Gasteiger partial charge in [0, 0.05) is 17.3 Å². The maximum absolute atomic E-state index is 12.2. The summed E-state index contributed by atoms with van der Waals surface area (Å²) in [4.78, 5) is 16.1. The maximum Gasteiger partial charge on any atom is 0.276 e. The minimum atomic E-state index is -0.378. The molecule has 0 saturated heterocycles. The summed E-state index contributed by atoms with van der Waals surface area (Å²) in [5.74, 6) is -0.378. The topological polar surface area (TPSA) is 96.7 Å². The Labute approximate surface area is 119 Å². The molecule has 4 N–H and O–H groups in total. The molecule has 0 fully saturated rings. The van der Waals surface area contributed by atoms with Gasteiger partial charge in [0.05, 0.1) is 11.2 Å². The largest absolute Gasteiger partial charge is 0.399 e. The van der Waals surface area contributed by atoms with E-state index in [1.54, 1.807) is 36.5 Å². The highest BCUT2D eigenvalue weighted by Gasteiger charge is 2.15. The standard InChI is InChI=1S/C13H10ClN5O/c14-12-10(2-1-5-16-12)17-13(20)11-8-6-7(15)3-4-9(8)18-19-11/h1-6H,15H2,(H,17,20)(H,18,19). The van der Waals surface area contributed by atoms with Gasteiger partial charge in [-0.25, -0.2) is 4.98 Å². The number of hydrogen-bond acceptors (Lipinski definition) is 4. The summed E-state index contributed by atoms with van der Waals surface area (Å²) in [6.45, 7) is 0. The highest BCUT2D eigenvalue weighted by Crippen LogP contribution is 2.22. The first-order chi connectivity index (χ1) is 9.65. The zero-order chi connectivity index (χ0) is 14.1. The van der Waals surface area contributed by atoms with E-state index in [1.165, 1.54) is 0 Å². The molecule has 0 atom stereocenters. The Balaban J connectivity index is 1.97. The molecule has 0 saturated carbocycles. The first-order valence-corrected chi connectivity index (χ1v) is 6.18. The highest BCUT2D eigenvalue weighted by atomic mass is 35.5. The maximum atomic E-state index is 12.2. The number of carbonyl (C=O) groups excluding carboxylic acids is 1. The van der Waals surface area contributed by atoms with E-state index in [0.29, 0.717) is 16.8 Å². The van der Waals surface area contributed by atoms with Crippen LogP contribution >= 0.6 is 11.6 Å². The second-order valence-corrected chi connectivity index (χ2v) is 4.53. The number of anilines is 2. The summed E-state index contributed by atoms with van der Waals surface area (Å²) in [7, 11) is 0. The van der Waals surface area contributed by atoms with Crippen LogP contribution in [-0.2, 0) is 0 Å². The van der Waals surface area contributed by atoms with Gasteiger partial charge in [-0.2, -0.15) is 5.10 Å². The van der Waals surface area contributed by atoms with Crippen LogP contribution in [0.4, 0.5) is 11.4 Å². The first kappa shape index (κ1) is 12.4. The van der Waals surface area contributed by atoms with Gasteiger partial charge in [0.2, 0.25) is 0 Å². The predicted octanol–water partition coefficient (Wildman–Crippen LogP) is 2.45. The van der Waals surface area contributed by atoms with E-state index in [-0.39, 0.29) is 16.8 Å². The first-order valence-electron chi connectivity index (χ1n) is 5.80. The van der Waals surface area contributed by atoms with Crippen molar-refractivity contribution in [2.45, 2.75) is 0 Å². The van der Waals surface area contributed by atoms with Crippen molar-refractivity contribution in [3.63, 3.8) is 0 Å². The zero-order valence-corrected chi connectivity index (χ0v) is 11.0. The number of hydrogen-bond donors (Lipinski definition) is 3. The van der Waals surface area contributed by atoms with Crippen LogP contribution in [0.5, 0.6) is 0 Å². The zero-order valence-electron chi connectivity index (χ0n) is 10.2. The second-order valence-electron chi connectivity index (χ2n) is 4.17. The average Bonchev–Trinajstić information content (AvgIpc) is 2.84. The van der Waals surface area contributed by atoms with E-state index in [0.717, 1.165) is 5.52 Å². The summed E-state index contributed by atoms with van der Waals surface area (Å²) in [6, 6.07) is 8.54. The molecule has 6 nitrogen and oxygen atoms in total. The number of nitrogens with zero attached hydrogens (tertiary/aromatic N) is 2. The number of rotatable bonds is 2. The lowest BCUT2D eigenvalue weighted by Gasteiger charge is -2.04. The number of aromatic amines is 1. The van der Waals surface area contributed by atoms with Crippen molar-refractivity contribution in [2.24, 2.45) is 0 Å². The van der Waals surface area contributed by atoms with Crippen molar-refractivity contribution >= 4 is 39.8 Å². The number of benzene rings is 1. The number of halogens is 1. The van der Waals surface area contributed by atoms with E-state index >= 15 is 0 Å². The van der Waals surface area contributed by atoms with E-state index < -0.39 is 0 Å². The van der Waals surface area contributed by atoms with Crippen LogP contribution in [0.2, 0.25) is 5.15 Å². The number of nitrogen functional groups attached to an aromatic ring is 1. The number of H-pyrrole nitrogens is 1. The number of pyridine rings is 1. The van der Waals surface area contributed by atoms with Crippen LogP contribution in [0.25, 0.3) is 10.9 Å². The van der Waals surface area contributed by atoms with Gasteiger partial charge in [0.15, 0.2) is 10.8 Å². The van der Waals surface area contributed by atoms with Gasteiger partial charge < -0.3 is 11.1 Å². The van der Waals surface area contributed by atoms with Crippen LogP contribution in [0, 0.1) is 0 Å². The van der Waals surface area contributed by atoms with E-state index in [9.17, 15) is 4.79 Å². The van der Waals surface area contributed by atoms with E-state index in [4.69, 9.17) is 17.3 Å². The van der Waals surface area contributed by atoms with Crippen molar-refractivity contribution in [1.29, 1.82) is 0 Å². The quantitative estimate of drug-likeness (QED) is 0.498. The Morgan fingerprint density at radius 3 is 3.00 bits per heavy atom. The summed E-state index contributed by atoms with van der Waals surface area (Å²) >= 11 is 5.90. The average molecular weight is 288 g/mol. The molecule has 3 rings (SSSR count). The normalized spacial score (nSPS) is 10.7. The Hall–Kier alpha value is -2.60. The molecule has 1 amide bonds. The van der Waals surface area contributed by atoms with Crippen molar-refractivity contribution < 1.29 is 4.79 Å². The van der Waals surface area contributed by atoms with Gasteiger partial charge in [-0.3, -0.25) is 9.89 Å². The molecule has 2 aromatic heterocycles. The van der Waals surface area contributed by atoms with Crippen LogP contribution in [0.3, 0.4) is 0 Å². The summed E-state index contributed by atoms with van der Waals surface area (Å²) < 4.78 is 0. The lowest BCUT2D eigenvalue weighted by Crippen LogP contribution is -2.13. The van der Waals surface area contributed by atoms with Gasteiger partial charge in [-0.05, 0) is 30.3 Å². The summed E-state index contributed by atoms with van der Waals surface area (Å²) in [5, 5.41) is 10.3. The Morgan fingerprint density at radius 2 is 2.20 bits per heavy atom. The van der Waals surface area contributed by atoms with Gasteiger partial charge in [0.25, 0.3) is 5.91 Å². The molecule has 1 aromatic carbocycles. The van der Waals surface area contributed by atoms with Crippen molar-refractivity contribution in [3.05, 3.63) is 47.4 Å². The number of nitrogens with two attached hydrogens (primary N) is 1. The third kappa shape index (κ3) is 2.17. The van der Waals surface area contributed by atoms with Crippen LogP contribution in [0.15, 0.2) is 36.5 Å². The fourth-order valence-electron chi connectivity index (χ4n) is 1.87. The molecule has 3 aromatic rings. The lowest BCUT2D eigenvalue weighted by molar-refractivity contribution is 0.102. The molecule has 0 aliphatic carbocycles. The Morgan fingerprint density at radius 1 is 1.35 bits per heavy atom. The molecule has 0 unspecified atom stereocenters. The molecular weight excluding hydrogens is 278 g/mol. The van der Waals surface area contributed by atoms with Crippen LogP contribution < -0.4 is 11.1 Å². The molecule has 0 radical (unpaired) electrons. The molecule has 7 heteroatoms. The van der Waals surface area contributed by atoms with E-state index in [2.05, 4.69) is 20.5 Å². The summed E-state index contributed by atoms with van der Waals surface area (Å²) in [6.07, 6.45) is 1.54. The minimum Gasteiger partial charge on any atom is -0.399 e. The molecule has 0 aliphatic rings. The number of nitrogens with one attached hydrogen (secondary N) is 2. The number of fused-ring (bicyclic) bond motifs is 1. The van der Waals surface area contributed by atoms with Gasteiger partial charge in [-0.1, -0.05) is 11.6 Å². The van der Waals surface area contributed by atoms with Crippen molar-refractivity contribution in [2.75, 3.05) is 11.1 Å². The summed E-state index contributed by atoms with van der Waals surface area (Å²) in [5.41, 5.74) is 7.71. The van der Waals surface area contributed by atoms with Gasteiger partial charge in [-0.15, -0.1) is 0 Å². The molecule has 20 heavy (non-hydrogen) atoms. The molecule has 0 bridgehead atoms. The highest BCUT2D eigenvalue weighted by molar-refractivity contribution is 6.32. The fraction of sp³-hybridized carbons (Fsp3) is 0. The SMILES string of the molecule is Nc1ccc2[nH]nc(C(=O)Nc3cccnc3Cl)c2c1. The van der Waals surface area contributed by atoms with Crippen molar-refractivity contribution in [3.8, 4) is 0 Å². The van der Waals surface area contributed by atoms with E-state index in [1.807, 2.05) is 0 Å². The second kappa shape index (κ2) is 4.82. The fourth-order valence-corrected chi connectivity index (χ4v) is 2.03. The molecule has 0 spiro atoms. The minimum absolute atomic E-state index is 0.222.